The first-order valence-electron chi connectivity index (χ1n) is 11.3. The minimum absolute atomic E-state index is 0.130. The number of likely N-dealkylation sites (tertiary alicyclic amines) is 1. The smallest absolute Gasteiger partial charge is 0.273 e. The van der Waals surface area contributed by atoms with Crippen molar-refractivity contribution in [1.82, 2.24) is 29.8 Å². The van der Waals surface area contributed by atoms with Gasteiger partial charge < -0.3 is 15.1 Å². The summed E-state index contributed by atoms with van der Waals surface area (Å²) in [7, 11) is 2.00. The van der Waals surface area contributed by atoms with Gasteiger partial charge in [0.2, 0.25) is 5.95 Å². The summed E-state index contributed by atoms with van der Waals surface area (Å²) in [4.78, 5) is 25.9. The van der Waals surface area contributed by atoms with E-state index < -0.39 is 5.95 Å². The zero-order valence-corrected chi connectivity index (χ0v) is 18.5. The van der Waals surface area contributed by atoms with Crippen LogP contribution in [0.25, 0.3) is 5.65 Å². The Labute approximate surface area is 186 Å². The zero-order valence-electron chi connectivity index (χ0n) is 18.5. The lowest BCUT2D eigenvalue weighted by molar-refractivity contribution is 0.0598. The maximum absolute atomic E-state index is 13.6. The van der Waals surface area contributed by atoms with Crippen LogP contribution in [0.15, 0.2) is 30.5 Å². The van der Waals surface area contributed by atoms with Crippen LogP contribution in [0.4, 0.5) is 10.2 Å². The molecule has 2 atom stereocenters. The molecule has 1 N–H and O–H groups in total. The van der Waals surface area contributed by atoms with Gasteiger partial charge in [-0.05, 0) is 51.8 Å². The van der Waals surface area contributed by atoms with Crippen molar-refractivity contribution in [3.63, 3.8) is 0 Å². The molecule has 0 unspecified atom stereocenters. The van der Waals surface area contributed by atoms with Crippen molar-refractivity contribution < 1.29 is 9.18 Å². The summed E-state index contributed by atoms with van der Waals surface area (Å²) in [6, 6.07) is 6.61. The fraction of sp³-hybridized carbons (Fsp3) is 0.478. The number of rotatable bonds is 4. The summed E-state index contributed by atoms with van der Waals surface area (Å²) in [6.07, 6.45) is 5.84. The minimum atomic E-state index is -0.647. The van der Waals surface area contributed by atoms with Crippen molar-refractivity contribution in [1.29, 1.82) is 0 Å². The van der Waals surface area contributed by atoms with E-state index in [0.717, 1.165) is 61.5 Å². The minimum Gasteiger partial charge on any atom is -0.355 e. The summed E-state index contributed by atoms with van der Waals surface area (Å²) >= 11 is 0. The largest absolute Gasteiger partial charge is 0.355 e. The molecule has 2 aliphatic rings. The first-order chi connectivity index (χ1) is 15.5. The van der Waals surface area contributed by atoms with Crippen molar-refractivity contribution in [3.05, 3.63) is 53.4 Å². The van der Waals surface area contributed by atoms with E-state index in [-0.39, 0.29) is 17.6 Å². The quantitative estimate of drug-likeness (QED) is 0.633. The highest BCUT2D eigenvalue weighted by atomic mass is 19.1. The number of piperidine rings is 1. The van der Waals surface area contributed by atoms with Crippen LogP contribution in [0, 0.1) is 12.9 Å². The van der Waals surface area contributed by atoms with Gasteiger partial charge in [-0.15, -0.1) is 0 Å². The molecule has 5 heterocycles. The number of amides is 1. The van der Waals surface area contributed by atoms with E-state index in [9.17, 15) is 9.18 Å². The Bertz CT molecular complexity index is 1150. The lowest BCUT2D eigenvalue weighted by Gasteiger charge is -2.34. The number of hydrogen-bond donors (Lipinski definition) is 1. The molecule has 8 nitrogen and oxygen atoms in total. The van der Waals surface area contributed by atoms with Gasteiger partial charge in [0.05, 0.1) is 11.7 Å². The predicted molar refractivity (Wildman–Crippen MR) is 119 cm³/mol. The molecule has 168 valence electrons. The molecule has 9 heteroatoms. The highest BCUT2D eigenvalue weighted by molar-refractivity contribution is 5.92. The maximum atomic E-state index is 13.6. The Morgan fingerprint density at radius 3 is 2.84 bits per heavy atom. The van der Waals surface area contributed by atoms with Crippen molar-refractivity contribution in [3.8, 4) is 0 Å². The van der Waals surface area contributed by atoms with Gasteiger partial charge >= 0.3 is 0 Å². The Morgan fingerprint density at radius 1 is 1.19 bits per heavy atom. The summed E-state index contributed by atoms with van der Waals surface area (Å²) in [5.74, 6) is 0.0836. The van der Waals surface area contributed by atoms with Crippen LogP contribution < -0.4 is 10.2 Å². The molecule has 1 amide bonds. The second-order valence-corrected chi connectivity index (χ2v) is 8.70. The van der Waals surface area contributed by atoms with Gasteiger partial charge in [0.25, 0.3) is 5.91 Å². The normalized spacial score (nSPS) is 21.5. The number of carbonyl (C=O) groups excluding carboxylic acids is 1. The van der Waals surface area contributed by atoms with E-state index in [1.165, 1.54) is 12.1 Å². The van der Waals surface area contributed by atoms with Crippen molar-refractivity contribution in [2.24, 2.45) is 0 Å². The summed E-state index contributed by atoms with van der Waals surface area (Å²) in [5, 5.41) is 8.12. The molecule has 0 aliphatic carbocycles. The fourth-order valence-corrected chi connectivity index (χ4v) is 4.85. The number of nitrogens with zero attached hydrogens (tertiary/aromatic N) is 6. The van der Waals surface area contributed by atoms with E-state index in [1.807, 2.05) is 19.3 Å². The summed E-state index contributed by atoms with van der Waals surface area (Å²) < 4.78 is 15.4. The van der Waals surface area contributed by atoms with Crippen molar-refractivity contribution in [2.45, 2.75) is 44.7 Å². The van der Waals surface area contributed by atoms with Gasteiger partial charge in [0.15, 0.2) is 5.65 Å². The highest BCUT2D eigenvalue weighted by Gasteiger charge is 2.32. The lowest BCUT2D eigenvalue weighted by atomic mass is 9.99. The fourth-order valence-electron chi connectivity index (χ4n) is 4.85. The van der Waals surface area contributed by atoms with E-state index >= 15 is 0 Å². The van der Waals surface area contributed by atoms with Gasteiger partial charge in [-0.2, -0.15) is 9.49 Å². The van der Waals surface area contributed by atoms with Crippen LogP contribution in [0.2, 0.25) is 0 Å². The molecule has 32 heavy (non-hydrogen) atoms. The van der Waals surface area contributed by atoms with Crippen LogP contribution in [-0.2, 0) is 0 Å². The third kappa shape index (κ3) is 3.81. The number of pyridine rings is 1. The Balaban J connectivity index is 1.45. The number of aryl methyl sites for hydroxylation is 1. The number of carbonyl (C=O) groups is 1. The van der Waals surface area contributed by atoms with E-state index in [4.69, 9.17) is 10.1 Å². The molecule has 2 saturated heterocycles. The summed E-state index contributed by atoms with van der Waals surface area (Å²) in [6.45, 7) is 4.57. The predicted octanol–water partition coefficient (Wildman–Crippen LogP) is 2.74. The molecule has 0 saturated carbocycles. The molecule has 0 bridgehead atoms. The van der Waals surface area contributed by atoms with Crippen LogP contribution in [0.5, 0.6) is 0 Å². The van der Waals surface area contributed by atoms with Crippen LogP contribution in [0.1, 0.15) is 53.5 Å². The van der Waals surface area contributed by atoms with Crippen LogP contribution in [0.3, 0.4) is 0 Å². The number of nitrogens with one attached hydrogen (secondary N) is 1. The molecular formula is C23H28FN7O. The number of halogens is 1. The number of anilines is 1. The Hall–Kier alpha value is -3.07. The van der Waals surface area contributed by atoms with E-state index in [0.29, 0.717) is 12.6 Å². The van der Waals surface area contributed by atoms with E-state index in [2.05, 4.69) is 22.1 Å². The standard InChI is InChI=1S/C23H28FN7O/c1-15-13-31-21(27-22(15)29-11-9-16(14-29)25-2)12-18(28-31)19-7-3-4-10-30(19)23(32)17-6-5-8-20(24)26-17/h5-6,8,12-13,16,19,25H,3-4,7,9-11,14H2,1-2H3/t16-,19-/m0/s1. The molecule has 0 spiro atoms. The third-order valence-corrected chi connectivity index (χ3v) is 6.56. The van der Waals surface area contributed by atoms with Gasteiger partial charge in [0, 0.05) is 43.5 Å². The molecule has 2 fully saturated rings. The lowest BCUT2D eigenvalue weighted by Crippen LogP contribution is -2.39. The number of fused-ring (bicyclic) bond motifs is 1. The second-order valence-electron chi connectivity index (χ2n) is 8.70. The number of hydrogen-bond acceptors (Lipinski definition) is 6. The summed E-state index contributed by atoms with van der Waals surface area (Å²) in [5.41, 5.74) is 2.79. The first-order valence-corrected chi connectivity index (χ1v) is 11.3. The van der Waals surface area contributed by atoms with Crippen molar-refractivity contribution in [2.75, 3.05) is 31.6 Å². The van der Waals surface area contributed by atoms with Crippen molar-refractivity contribution >= 4 is 17.4 Å². The third-order valence-electron chi connectivity index (χ3n) is 6.56. The van der Waals surface area contributed by atoms with Gasteiger partial charge in [-0.3, -0.25) is 4.79 Å². The molecule has 3 aromatic rings. The molecular weight excluding hydrogens is 409 g/mol. The Kier molecular flexibility index (Phi) is 5.50. The van der Waals surface area contributed by atoms with Gasteiger partial charge in [-0.25, -0.2) is 14.5 Å². The first kappa shape index (κ1) is 20.8. The average Bonchev–Trinajstić information content (AvgIpc) is 3.44. The SMILES string of the molecule is CN[C@H]1CCN(c2nc3cc([C@@H]4CCCCN4C(=O)c4cccc(F)n4)nn3cc2C)C1. The maximum Gasteiger partial charge on any atom is 0.273 e. The molecule has 2 aliphatic heterocycles. The van der Waals surface area contributed by atoms with Crippen LogP contribution >= 0.6 is 0 Å². The van der Waals surface area contributed by atoms with Gasteiger partial charge in [-0.1, -0.05) is 6.07 Å². The van der Waals surface area contributed by atoms with E-state index in [1.54, 1.807) is 15.5 Å². The molecule has 0 aromatic carbocycles. The average molecular weight is 438 g/mol. The van der Waals surface area contributed by atoms with Gasteiger partial charge in [0.1, 0.15) is 11.5 Å². The highest BCUT2D eigenvalue weighted by Crippen LogP contribution is 2.32. The molecule has 5 rings (SSSR count). The number of likely N-dealkylation sites (N-methyl/N-ethyl adjacent to an activating group) is 1. The zero-order chi connectivity index (χ0) is 22.2. The van der Waals surface area contributed by atoms with Crippen LogP contribution in [-0.4, -0.2) is 63.1 Å². The molecule has 0 radical (unpaired) electrons. The monoisotopic (exact) mass is 437 g/mol. The second kappa shape index (κ2) is 8.46. The molecule has 3 aromatic heterocycles. The number of aromatic nitrogens is 4. The Morgan fingerprint density at radius 2 is 2.06 bits per heavy atom. The topological polar surface area (TPSA) is 78.7 Å².